The average molecular weight is 213 g/mol. The van der Waals surface area contributed by atoms with Crippen molar-refractivity contribution in [2.24, 2.45) is 11.3 Å². The topological polar surface area (TPSA) is 21.3 Å². The van der Waals surface area contributed by atoms with Crippen LogP contribution in [0.3, 0.4) is 0 Å². The second-order valence-electron chi connectivity index (χ2n) is 5.76. The minimum Gasteiger partial charge on any atom is -0.381 e. The molecule has 2 nitrogen and oxygen atoms in total. The monoisotopic (exact) mass is 213 g/mol. The molecule has 1 fully saturated rings. The smallest absolute Gasteiger partial charge is 0.0652 e. The molecule has 15 heavy (non-hydrogen) atoms. The van der Waals surface area contributed by atoms with Crippen LogP contribution >= 0.6 is 0 Å². The molecular weight excluding hydrogens is 186 g/mol. The fourth-order valence-electron chi connectivity index (χ4n) is 2.61. The van der Waals surface area contributed by atoms with E-state index in [9.17, 15) is 0 Å². The van der Waals surface area contributed by atoms with Crippen LogP contribution in [-0.2, 0) is 4.74 Å². The molecule has 2 heteroatoms. The van der Waals surface area contributed by atoms with Gasteiger partial charge in [0, 0.05) is 24.6 Å². The van der Waals surface area contributed by atoms with Crippen molar-refractivity contribution < 1.29 is 4.74 Å². The number of methoxy groups -OCH3 is 1. The minimum absolute atomic E-state index is 0.289. The van der Waals surface area contributed by atoms with Gasteiger partial charge in [0.25, 0.3) is 0 Å². The average Bonchev–Trinajstić information content (AvgIpc) is 2.16. The van der Waals surface area contributed by atoms with Gasteiger partial charge in [-0.3, -0.25) is 0 Å². The molecular formula is C13H27NO. The molecule has 0 aliphatic heterocycles. The number of hydrogen-bond acceptors (Lipinski definition) is 2. The third-order valence-electron chi connectivity index (χ3n) is 4.12. The largest absolute Gasteiger partial charge is 0.381 e. The van der Waals surface area contributed by atoms with E-state index in [1.54, 1.807) is 0 Å². The van der Waals surface area contributed by atoms with Crippen LogP contribution in [0.15, 0.2) is 0 Å². The quantitative estimate of drug-likeness (QED) is 0.758. The van der Waals surface area contributed by atoms with E-state index in [1.807, 2.05) is 7.11 Å². The lowest BCUT2D eigenvalue weighted by molar-refractivity contribution is -0.101. The van der Waals surface area contributed by atoms with Gasteiger partial charge in [-0.2, -0.15) is 0 Å². The molecule has 1 aliphatic rings. The molecule has 90 valence electrons. The van der Waals surface area contributed by atoms with Crippen molar-refractivity contribution in [1.29, 1.82) is 0 Å². The van der Waals surface area contributed by atoms with E-state index in [4.69, 9.17) is 4.74 Å². The van der Waals surface area contributed by atoms with Crippen LogP contribution < -0.4 is 5.32 Å². The molecule has 0 spiro atoms. The standard InChI is InChI=1S/C13H27NO/c1-7-10(9(2)3)14-11-8-12(15-6)13(11,4)5/h9-12,14H,7-8H2,1-6H3. The fourth-order valence-corrected chi connectivity index (χ4v) is 2.61. The molecule has 0 bridgehead atoms. The Morgan fingerprint density at radius 2 is 2.00 bits per heavy atom. The summed E-state index contributed by atoms with van der Waals surface area (Å²) >= 11 is 0. The van der Waals surface area contributed by atoms with Crippen LogP contribution in [0.1, 0.15) is 47.5 Å². The molecule has 0 heterocycles. The van der Waals surface area contributed by atoms with Crippen molar-refractivity contribution in [2.75, 3.05) is 7.11 Å². The van der Waals surface area contributed by atoms with Crippen LogP contribution in [-0.4, -0.2) is 25.3 Å². The lowest BCUT2D eigenvalue weighted by Gasteiger charge is -2.53. The van der Waals surface area contributed by atoms with Crippen molar-refractivity contribution in [3.05, 3.63) is 0 Å². The highest BCUT2D eigenvalue weighted by molar-refractivity contribution is 5.03. The van der Waals surface area contributed by atoms with Gasteiger partial charge in [0.1, 0.15) is 0 Å². The molecule has 1 saturated carbocycles. The van der Waals surface area contributed by atoms with Crippen LogP contribution in [0, 0.1) is 11.3 Å². The number of nitrogens with one attached hydrogen (secondary N) is 1. The third-order valence-corrected chi connectivity index (χ3v) is 4.12. The van der Waals surface area contributed by atoms with E-state index in [-0.39, 0.29) is 5.41 Å². The van der Waals surface area contributed by atoms with Crippen molar-refractivity contribution >= 4 is 0 Å². The number of hydrogen-bond donors (Lipinski definition) is 1. The molecule has 1 N–H and O–H groups in total. The van der Waals surface area contributed by atoms with Gasteiger partial charge in [0.2, 0.25) is 0 Å². The van der Waals surface area contributed by atoms with Crippen LogP contribution in [0.4, 0.5) is 0 Å². The SMILES string of the molecule is CCC(NC1CC(OC)C1(C)C)C(C)C. The Morgan fingerprint density at radius 1 is 1.40 bits per heavy atom. The first-order chi connectivity index (χ1) is 6.93. The molecule has 0 aromatic heterocycles. The van der Waals surface area contributed by atoms with E-state index in [0.29, 0.717) is 24.1 Å². The van der Waals surface area contributed by atoms with Gasteiger partial charge < -0.3 is 10.1 Å². The molecule has 1 aliphatic carbocycles. The summed E-state index contributed by atoms with van der Waals surface area (Å²) in [5, 5.41) is 3.78. The molecule has 0 saturated heterocycles. The molecule has 0 aromatic carbocycles. The lowest BCUT2D eigenvalue weighted by atomic mass is 9.64. The summed E-state index contributed by atoms with van der Waals surface area (Å²) in [6.45, 7) is 11.4. The third kappa shape index (κ3) is 2.54. The summed E-state index contributed by atoms with van der Waals surface area (Å²) in [4.78, 5) is 0. The first-order valence-corrected chi connectivity index (χ1v) is 6.22. The van der Waals surface area contributed by atoms with Gasteiger partial charge >= 0.3 is 0 Å². The zero-order valence-corrected chi connectivity index (χ0v) is 11.1. The van der Waals surface area contributed by atoms with E-state index in [0.717, 1.165) is 6.42 Å². The predicted molar refractivity (Wildman–Crippen MR) is 65.0 cm³/mol. The summed E-state index contributed by atoms with van der Waals surface area (Å²) in [5.74, 6) is 0.715. The van der Waals surface area contributed by atoms with Gasteiger partial charge in [0.05, 0.1) is 6.10 Å². The summed E-state index contributed by atoms with van der Waals surface area (Å²) in [7, 11) is 1.82. The Hall–Kier alpha value is -0.0800. The highest BCUT2D eigenvalue weighted by atomic mass is 16.5. The zero-order chi connectivity index (χ0) is 11.6. The van der Waals surface area contributed by atoms with Crippen LogP contribution in [0.2, 0.25) is 0 Å². The van der Waals surface area contributed by atoms with Crippen molar-refractivity contribution in [3.8, 4) is 0 Å². The van der Waals surface area contributed by atoms with Gasteiger partial charge in [-0.25, -0.2) is 0 Å². The fraction of sp³-hybridized carbons (Fsp3) is 1.00. The van der Waals surface area contributed by atoms with E-state index in [2.05, 4.69) is 39.9 Å². The van der Waals surface area contributed by atoms with E-state index >= 15 is 0 Å². The van der Waals surface area contributed by atoms with Crippen LogP contribution in [0.5, 0.6) is 0 Å². The first kappa shape index (κ1) is 13.0. The molecule has 0 aromatic rings. The maximum absolute atomic E-state index is 5.47. The minimum atomic E-state index is 0.289. The second-order valence-corrected chi connectivity index (χ2v) is 5.76. The molecule has 1 rings (SSSR count). The van der Waals surface area contributed by atoms with Gasteiger partial charge in [-0.15, -0.1) is 0 Å². The Bertz CT molecular complexity index is 201. The Kier molecular flexibility index (Phi) is 4.19. The van der Waals surface area contributed by atoms with Crippen molar-refractivity contribution in [1.82, 2.24) is 5.32 Å². The molecule has 0 amide bonds. The highest BCUT2D eigenvalue weighted by Crippen LogP contribution is 2.42. The lowest BCUT2D eigenvalue weighted by Crippen LogP contribution is -2.63. The molecule has 3 atom stereocenters. The highest BCUT2D eigenvalue weighted by Gasteiger charge is 2.48. The Morgan fingerprint density at radius 3 is 2.33 bits per heavy atom. The normalized spacial score (nSPS) is 31.4. The number of ether oxygens (including phenoxy) is 1. The van der Waals surface area contributed by atoms with Crippen molar-refractivity contribution in [2.45, 2.75) is 65.6 Å². The maximum atomic E-state index is 5.47. The van der Waals surface area contributed by atoms with Crippen LogP contribution in [0.25, 0.3) is 0 Å². The predicted octanol–water partition coefficient (Wildman–Crippen LogP) is 2.82. The second kappa shape index (κ2) is 4.84. The molecule has 3 unspecified atom stereocenters. The maximum Gasteiger partial charge on any atom is 0.0652 e. The van der Waals surface area contributed by atoms with E-state index in [1.165, 1.54) is 6.42 Å². The summed E-state index contributed by atoms with van der Waals surface area (Å²) in [5.41, 5.74) is 0.289. The van der Waals surface area contributed by atoms with Gasteiger partial charge in [0.15, 0.2) is 0 Å². The van der Waals surface area contributed by atoms with E-state index < -0.39 is 0 Å². The number of rotatable bonds is 5. The summed E-state index contributed by atoms with van der Waals surface area (Å²) in [6.07, 6.45) is 2.80. The summed E-state index contributed by atoms with van der Waals surface area (Å²) in [6, 6.07) is 1.27. The van der Waals surface area contributed by atoms with Gasteiger partial charge in [-0.1, -0.05) is 34.6 Å². The zero-order valence-electron chi connectivity index (χ0n) is 11.1. The molecule has 0 radical (unpaired) electrons. The summed E-state index contributed by atoms with van der Waals surface area (Å²) < 4.78 is 5.47. The van der Waals surface area contributed by atoms with Crippen molar-refractivity contribution in [3.63, 3.8) is 0 Å². The Balaban J connectivity index is 2.47. The Labute approximate surface area is 94.8 Å². The first-order valence-electron chi connectivity index (χ1n) is 6.22. The van der Waals surface area contributed by atoms with Gasteiger partial charge in [-0.05, 0) is 18.8 Å².